The predicted octanol–water partition coefficient (Wildman–Crippen LogP) is 3.52. The Balaban J connectivity index is 1.96. The molecule has 1 unspecified atom stereocenters. The maximum atomic E-state index is 13.1. The molecule has 0 saturated heterocycles. The van der Waals surface area contributed by atoms with Crippen molar-refractivity contribution >= 4 is 16.5 Å². The summed E-state index contributed by atoms with van der Waals surface area (Å²) < 4.78 is 18.9. The first kappa shape index (κ1) is 15.0. The van der Waals surface area contributed by atoms with Crippen molar-refractivity contribution in [2.24, 2.45) is 0 Å². The normalized spacial score (nSPS) is 18.8. The van der Waals surface area contributed by atoms with Gasteiger partial charge in [-0.3, -0.25) is 0 Å². The number of benzene rings is 2. The minimum absolute atomic E-state index is 0.225. The van der Waals surface area contributed by atoms with E-state index in [0.717, 1.165) is 21.1 Å². The van der Waals surface area contributed by atoms with Gasteiger partial charge in [0, 0.05) is 14.1 Å². The second-order valence-electron chi connectivity index (χ2n) is 5.36. The lowest BCUT2D eigenvalue weighted by Crippen LogP contribution is -2.13. The van der Waals surface area contributed by atoms with E-state index in [-0.39, 0.29) is 6.10 Å². The van der Waals surface area contributed by atoms with Crippen molar-refractivity contribution in [1.82, 2.24) is 0 Å². The van der Waals surface area contributed by atoms with Gasteiger partial charge in [0.2, 0.25) is 0 Å². The lowest BCUT2D eigenvalue weighted by molar-refractivity contribution is 0.127. The number of anilines is 1. The number of hydrogen-bond donors (Lipinski definition) is 0. The minimum Gasteiger partial charge on any atom is -0.377 e. The van der Waals surface area contributed by atoms with Gasteiger partial charge >= 0.3 is 0 Å². The van der Waals surface area contributed by atoms with Crippen LogP contribution in [0.3, 0.4) is 0 Å². The van der Waals surface area contributed by atoms with Gasteiger partial charge in [0.25, 0.3) is 0 Å². The SMILES string of the molecule is CN(C)c1ccccc1S(=O)C1=CCO[C@H]1c1ccccc1. The second kappa shape index (κ2) is 6.46. The van der Waals surface area contributed by atoms with Crippen molar-refractivity contribution in [2.45, 2.75) is 11.0 Å². The van der Waals surface area contributed by atoms with Crippen molar-refractivity contribution in [1.29, 1.82) is 0 Å². The minimum atomic E-state index is -1.23. The van der Waals surface area contributed by atoms with Gasteiger partial charge in [-0.15, -0.1) is 0 Å². The smallest absolute Gasteiger partial charge is 0.116 e. The van der Waals surface area contributed by atoms with E-state index in [4.69, 9.17) is 4.74 Å². The predicted molar refractivity (Wildman–Crippen MR) is 90.4 cm³/mol. The van der Waals surface area contributed by atoms with Crippen molar-refractivity contribution < 1.29 is 8.95 Å². The fourth-order valence-corrected chi connectivity index (χ4v) is 4.10. The van der Waals surface area contributed by atoms with E-state index in [1.54, 1.807) is 0 Å². The van der Waals surface area contributed by atoms with E-state index in [9.17, 15) is 4.21 Å². The average molecular weight is 313 g/mol. The molecule has 0 amide bonds. The molecular weight excluding hydrogens is 294 g/mol. The van der Waals surface area contributed by atoms with Gasteiger partial charge in [-0.2, -0.15) is 0 Å². The number of para-hydroxylation sites is 1. The highest BCUT2D eigenvalue weighted by Gasteiger charge is 2.28. The fraction of sp³-hybridized carbons (Fsp3) is 0.222. The largest absolute Gasteiger partial charge is 0.377 e. The Kier molecular flexibility index (Phi) is 4.41. The van der Waals surface area contributed by atoms with Crippen LogP contribution in [0.25, 0.3) is 0 Å². The first-order valence-corrected chi connectivity index (χ1v) is 8.38. The maximum Gasteiger partial charge on any atom is 0.116 e. The first-order chi connectivity index (χ1) is 10.7. The van der Waals surface area contributed by atoms with Gasteiger partial charge < -0.3 is 9.64 Å². The summed E-state index contributed by atoms with van der Waals surface area (Å²) in [6, 6.07) is 17.8. The summed E-state index contributed by atoms with van der Waals surface area (Å²) in [7, 11) is 2.70. The lowest BCUT2D eigenvalue weighted by atomic mass is 10.1. The highest BCUT2D eigenvalue weighted by Crippen LogP contribution is 2.36. The van der Waals surface area contributed by atoms with Crippen LogP contribution >= 0.6 is 0 Å². The molecule has 0 spiro atoms. The summed E-state index contributed by atoms with van der Waals surface area (Å²) in [6.45, 7) is 0.505. The molecule has 0 bridgehead atoms. The van der Waals surface area contributed by atoms with Crippen LogP contribution in [0, 0.1) is 0 Å². The van der Waals surface area contributed by atoms with Gasteiger partial charge in [-0.1, -0.05) is 42.5 Å². The third-order valence-electron chi connectivity index (χ3n) is 3.67. The van der Waals surface area contributed by atoms with Crippen LogP contribution in [-0.2, 0) is 15.5 Å². The molecule has 2 aromatic carbocycles. The summed E-state index contributed by atoms with van der Waals surface area (Å²) in [5.41, 5.74) is 2.02. The van der Waals surface area contributed by atoms with Crippen LogP contribution in [0.15, 0.2) is 70.5 Å². The van der Waals surface area contributed by atoms with E-state index in [1.807, 2.05) is 79.7 Å². The van der Waals surface area contributed by atoms with Gasteiger partial charge in [0.15, 0.2) is 0 Å². The third kappa shape index (κ3) is 2.85. The van der Waals surface area contributed by atoms with Crippen LogP contribution in [0.4, 0.5) is 5.69 Å². The van der Waals surface area contributed by atoms with Gasteiger partial charge in [-0.05, 0) is 23.8 Å². The molecule has 1 heterocycles. The van der Waals surface area contributed by atoms with Crippen LogP contribution in [-0.4, -0.2) is 24.9 Å². The molecule has 22 heavy (non-hydrogen) atoms. The third-order valence-corrected chi connectivity index (χ3v) is 5.22. The molecule has 0 fully saturated rings. The molecule has 0 radical (unpaired) electrons. The molecule has 2 atom stereocenters. The summed E-state index contributed by atoms with van der Waals surface area (Å²) in [5, 5.41) is 0. The summed E-state index contributed by atoms with van der Waals surface area (Å²) in [4.78, 5) is 3.65. The van der Waals surface area contributed by atoms with Crippen LogP contribution < -0.4 is 4.90 Å². The molecule has 0 N–H and O–H groups in total. The van der Waals surface area contributed by atoms with E-state index < -0.39 is 10.8 Å². The van der Waals surface area contributed by atoms with Crippen molar-refractivity contribution in [3.8, 4) is 0 Å². The standard InChI is InChI=1S/C18H19NO2S/c1-19(2)15-10-6-7-11-16(15)22(20)17-12-13-21-18(17)14-8-4-3-5-9-14/h3-12,18H,13H2,1-2H3/t18-,22?/m0/s1. The monoisotopic (exact) mass is 313 g/mol. The number of rotatable bonds is 4. The van der Waals surface area contributed by atoms with Gasteiger partial charge in [0.1, 0.15) is 6.10 Å². The summed E-state index contributed by atoms with van der Waals surface area (Å²) >= 11 is 0. The quantitative estimate of drug-likeness (QED) is 0.865. The Bertz CT molecular complexity index is 710. The molecule has 0 saturated carbocycles. The van der Waals surface area contributed by atoms with E-state index in [0.29, 0.717) is 6.61 Å². The maximum absolute atomic E-state index is 13.1. The highest BCUT2D eigenvalue weighted by atomic mass is 32.2. The Labute approximate surface area is 133 Å². The fourth-order valence-electron chi connectivity index (χ4n) is 2.59. The van der Waals surface area contributed by atoms with Gasteiger partial charge in [0.05, 0.1) is 32.9 Å². The zero-order chi connectivity index (χ0) is 15.5. The van der Waals surface area contributed by atoms with Crippen molar-refractivity contribution in [2.75, 3.05) is 25.6 Å². The second-order valence-corrected chi connectivity index (χ2v) is 6.81. The Hall–Kier alpha value is -1.91. The van der Waals surface area contributed by atoms with Crippen LogP contribution in [0.2, 0.25) is 0 Å². The molecule has 1 aliphatic rings. The Morgan fingerprint density at radius 3 is 2.45 bits per heavy atom. The molecule has 3 rings (SSSR count). The topological polar surface area (TPSA) is 29.5 Å². The molecule has 2 aromatic rings. The van der Waals surface area contributed by atoms with Crippen LogP contribution in [0.1, 0.15) is 11.7 Å². The van der Waals surface area contributed by atoms with E-state index in [1.165, 1.54) is 0 Å². The van der Waals surface area contributed by atoms with Crippen molar-refractivity contribution in [3.63, 3.8) is 0 Å². The van der Waals surface area contributed by atoms with Crippen molar-refractivity contribution in [3.05, 3.63) is 71.1 Å². The lowest BCUT2D eigenvalue weighted by Gasteiger charge is -2.19. The number of nitrogens with zero attached hydrogens (tertiary/aromatic N) is 1. The molecule has 1 aliphatic heterocycles. The number of ether oxygens (including phenoxy) is 1. The molecule has 114 valence electrons. The molecule has 0 aromatic heterocycles. The Morgan fingerprint density at radius 1 is 1.05 bits per heavy atom. The molecule has 3 nitrogen and oxygen atoms in total. The summed E-state index contributed by atoms with van der Waals surface area (Å²) in [5.74, 6) is 0. The molecule has 4 heteroatoms. The molecular formula is C18H19NO2S. The molecule has 0 aliphatic carbocycles. The number of hydrogen-bond acceptors (Lipinski definition) is 3. The van der Waals surface area contributed by atoms with E-state index in [2.05, 4.69) is 0 Å². The Morgan fingerprint density at radius 2 is 1.73 bits per heavy atom. The van der Waals surface area contributed by atoms with Gasteiger partial charge in [-0.25, -0.2) is 4.21 Å². The first-order valence-electron chi connectivity index (χ1n) is 7.23. The van der Waals surface area contributed by atoms with E-state index >= 15 is 0 Å². The zero-order valence-corrected chi connectivity index (χ0v) is 13.5. The zero-order valence-electron chi connectivity index (χ0n) is 12.7. The average Bonchev–Trinajstić information content (AvgIpc) is 3.04. The van der Waals surface area contributed by atoms with Crippen LogP contribution in [0.5, 0.6) is 0 Å². The summed E-state index contributed by atoms with van der Waals surface area (Å²) in [6.07, 6.45) is 1.72. The highest BCUT2D eigenvalue weighted by molar-refractivity contribution is 7.89.